The van der Waals surface area contributed by atoms with Crippen molar-refractivity contribution in [3.63, 3.8) is 0 Å². The van der Waals surface area contributed by atoms with Gasteiger partial charge in [-0.2, -0.15) is 0 Å². The number of aryl methyl sites for hydroxylation is 1. The van der Waals surface area contributed by atoms with Crippen molar-refractivity contribution < 1.29 is 54.8 Å². The van der Waals surface area contributed by atoms with E-state index in [9.17, 15) is 40.5 Å². The van der Waals surface area contributed by atoms with Crippen LogP contribution in [0.15, 0.2) is 30.3 Å². The molecule has 0 aromatic heterocycles. The number of phenols is 4. The van der Waals surface area contributed by atoms with E-state index in [1.165, 1.54) is 12.1 Å². The fourth-order valence-corrected chi connectivity index (χ4v) is 3.05. The topological polar surface area (TPSA) is 186 Å². The molecule has 0 saturated carbocycles. The first kappa shape index (κ1) is 22.4. The van der Waals surface area contributed by atoms with Gasteiger partial charge in [0.15, 0.2) is 17.2 Å². The monoisotopic (exact) mass is 438 g/mol. The second kappa shape index (κ2) is 8.86. The number of phenolic OH excluding ortho intramolecular Hbond substituents is 4. The molecule has 31 heavy (non-hydrogen) atoms. The number of aromatic hydroxyl groups is 4. The molecule has 2 aromatic carbocycles. The molecule has 11 nitrogen and oxygen atoms in total. The Morgan fingerprint density at radius 1 is 0.935 bits per heavy atom. The number of ether oxygens (including phenoxy) is 3. The van der Waals surface area contributed by atoms with Crippen LogP contribution in [0.3, 0.4) is 0 Å². The third kappa shape index (κ3) is 4.91. The van der Waals surface area contributed by atoms with Gasteiger partial charge in [0.2, 0.25) is 6.29 Å². The zero-order valence-corrected chi connectivity index (χ0v) is 16.2. The number of aliphatic hydroxyl groups is 3. The van der Waals surface area contributed by atoms with Crippen LogP contribution < -0.4 is 4.74 Å². The molecule has 1 fully saturated rings. The molecule has 1 saturated heterocycles. The van der Waals surface area contributed by atoms with E-state index in [1.807, 2.05) is 0 Å². The second-order valence-electron chi connectivity index (χ2n) is 7.10. The molecular formula is C20H22O11. The molecule has 1 aliphatic rings. The van der Waals surface area contributed by atoms with Crippen molar-refractivity contribution in [3.8, 4) is 28.7 Å². The molecule has 0 aliphatic carbocycles. The summed E-state index contributed by atoms with van der Waals surface area (Å²) in [6.07, 6.45) is -7.72. The molecule has 0 bridgehead atoms. The van der Waals surface area contributed by atoms with Crippen LogP contribution in [0.2, 0.25) is 0 Å². The Morgan fingerprint density at radius 3 is 2.19 bits per heavy atom. The van der Waals surface area contributed by atoms with Crippen LogP contribution in [0.1, 0.15) is 15.9 Å². The Labute approximate surface area is 175 Å². The SMILES string of the molecule is Cc1cc(O)cc(OC2OC(COC(=O)c3cc(O)c(O)c(O)c3)C(O)C(O)C2O)c1. The first-order valence-corrected chi connectivity index (χ1v) is 9.16. The van der Waals surface area contributed by atoms with Crippen molar-refractivity contribution in [1.29, 1.82) is 0 Å². The van der Waals surface area contributed by atoms with Gasteiger partial charge in [-0.05, 0) is 36.8 Å². The predicted molar refractivity (Wildman–Crippen MR) is 102 cm³/mol. The molecule has 1 aliphatic heterocycles. The van der Waals surface area contributed by atoms with Crippen LogP contribution in [0.5, 0.6) is 28.7 Å². The van der Waals surface area contributed by atoms with Crippen LogP contribution in [0.25, 0.3) is 0 Å². The quantitative estimate of drug-likeness (QED) is 0.243. The summed E-state index contributed by atoms with van der Waals surface area (Å²) in [6, 6.07) is 6.02. The molecule has 3 rings (SSSR count). The number of hydrogen-bond acceptors (Lipinski definition) is 11. The van der Waals surface area contributed by atoms with Crippen LogP contribution in [-0.2, 0) is 9.47 Å². The van der Waals surface area contributed by atoms with Crippen molar-refractivity contribution in [3.05, 3.63) is 41.5 Å². The van der Waals surface area contributed by atoms with E-state index in [4.69, 9.17) is 14.2 Å². The van der Waals surface area contributed by atoms with Gasteiger partial charge in [-0.15, -0.1) is 0 Å². The van der Waals surface area contributed by atoms with E-state index in [0.717, 1.165) is 12.1 Å². The van der Waals surface area contributed by atoms with E-state index in [2.05, 4.69) is 0 Å². The summed E-state index contributed by atoms with van der Waals surface area (Å²) in [5.74, 6) is -3.27. The van der Waals surface area contributed by atoms with Gasteiger partial charge in [-0.25, -0.2) is 4.79 Å². The standard InChI is InChI=1S/C20H22O11/c1-8-2-10(21)6-11(3-8)30-20-18(27)17(26)16(25)14(31-20)7-29-19(28)9-4-12(22)15(24)13(23)5-9/h2-6,14,16-18,20-27H,7H2,1H3. The summed E-state index contributed by atoms with van der Waals surface area (Å²) in [4.78, 5) is 12.2. The third-order valence-electron chi connectivity index (χ3n) is 4.64. The van der Waals surface area contributed by atoms with E-state index in [0.29, 0.717) is 5.56 Å². The smallest absolute Gasteiger partial charge is 0.338 e. The molecule has 5 unspecified atom stereocenters. The summed E-state index contributed by atoms with van der Waals surface area (Å²) < 4.78 is 15.9. The summed E-state index contributed by atoms with van der Waals surface area (Å²) in [5, 5.41) is 68.4. The zero-order chi connectivity index (χ0) is 22.9. The third-order valence-corrected chi connectivity index (χ3v) is 4.64. The highest BCUT2D eigenvalue weighted by Gasteiger charge is 2.45. The Kier molecular flexibility index (Phi) is 6.41. The molecule has 168 valence electrons. The van der Waals surface area contributed by atoms with E-state index in [-0.39, 0.29) is 17.1 Å². The van der Waals surface area contributed by atoms with Crippen molar-refractivity contribution in [2.24, 2.45) is 0 Å². The summed E-state index contributed by atoms with van der Waals surface area (Å²) >= 11 is 0. The molecule has 11 heteroatoms. The Bertz CT molecular complexity index is 917. The van der Waals surface area contributed by atoms with Gasteiger partial charge in [0.25, 0.3) is 0 Å². The average molecular weight is 438 g/mol. The van der Waals surface area contributed by atoms with Crippen molar-refractivity contribution in [1.82, 2.24) is 0 Å². The molecule has 2 aromatic rings. The average Bonchev–Trinajstić information content (AvgIpc) is 2.70. The maximum absolute atomic E-state index is 12.2. The summed E-state index contributed by atoms with van der Waals surface area (Å²) in [7, 11) is 0. The largest absolute Gasteiger partial charge is 0.508 e. The number of esters is 1. The van der Waals surface area contributed by atoms with Crippen LogP contribution in [0.4, 0.5) is 0 Å². The lowest BCUT2D eigenvalue weighted by Crippen LogP contribution is -2.60. The first-order chi connectivity index (χ1) is 14.6. The fourth-order valence-electron chi connectivity index (χ4n) is 3.05. The number of hydrogen-bond donors (Lipinski definition) is 7. The fraction of sp³-hybridized carbons (Fsp3) is 0.350. The molecule has 7 N–H and O–H groups in total. The highest BCUT2D eigenvalue weighted by Crippen LogP contribution is 2.35. The highest BCUT2D eigenvalue weighted by molar-refractivity contribution is 5.91. The van der Waals surface area contributed by atoms with Gasteiger partial charge in [0.05, 0.1) is 5.56 Å². The van der Waals surface area contributed by atoms with Crippen molar-refractivity contribution in [2.75, 3.05) is 6.61 Å². The summed E-state index contributed by atoms with van der Waals surface area (Å²) in [6.45, 7) is 1.12. The van der Waals surface area contributed by atoms with Gasteiger partial charge in [-0.1, -0.05) is 0 Å². The van der Waals surface area contributed by atoms with E-state index >= 15 is 0 Å². The highest BCUT2D eigenvalue weighted by atomic mass is 16.7. The minimum atomic E-state index is -1.69. The number of aliphatic hydroxyl groups excluding tert-OH is 3. The van der Waals surface area contributed by atoms with Crippen molar-refractivity contribution >= 4 is 5.97 Å². The van der Waals surface area contributed by atoms with Gasteiger partial charge < -0.3 is 50.0 Å². The van der Waals surface area contributed by atoms with E-state index in [1.54, 1.807) is 13.0 Å². The van der Waals surface area contributed by atoms with E-state index < -0.39 is 60.5 Å². The zero-order valence-electron chi connectivity index (χ0n) is 16.2. The van der Waals surface area contributed by atoms with Crippen LogP contribution in [-0.4, -0.2) is 79.0 Å². The number of rotatable bonds is 5. The normalized spacial score (nSPS) is 25.7. The molecule has 5 atom stereocenters. The molecule has 0 spiro atoms. The predicted octanol–water partition coefficient (Wildman–Crippen LogP) is -0.139. The molecule has 0 radical (unpaired) electrons. The Hall–Kier alpha value is -3.25. The molecular weight excluding hydrogens is 416 g/mol. The summed E-state index contributed by atoms with van der Waals surface area (Å²) in [5.41, 5.74) is 0.369. The Balaban J connectivity index is 1.69. The minimum Gasteiger partial charge on any atom is -0.508 e. The lowest BCUT2D eigenvalue weighted by molar-refractivity contribution is -0.277. The molecule has 1 heterocycles. The maximum Gasteiger partial charge on any atom is 0.338 e. The number of carbonyl (C=O) groups is 1. The van der Waals surface area contributed by atoms with Gasteiger partial charge in [0, 0.05) is 6.07 Å². The second-order valence-corrected chi connectivity index (χ2v) is 7.10. The van der Waals surface area contributed by atoms with Crippen molar-refractivity contribution in [2.45, 2.75) is 37.6 Å². The number of carbonyl (C=O) groups excluding carboxylic acids is 1. The van der Waals surface area contributed by atoms with Crippen LogP contribution in [0, 0.1) is 6.92 Å². The van der Waals surface area contributed by atoms with Gasteiger partial charge in [0.1, 0.15) is 42.5 Å². The lowest BCUT2D eigenvalue weighted by atomic mass is 9.99. The maximum atomic E-state index is 12.2. The number of benzene rings is 2. The molecule has 0 amide bonds. The first-order valence-electron chi connectivity index (χ1n) is 9.16. The van der Waals surface area contributed by atoms with Gasteiger partial charge in [-0.3, -0.25) is 0 Å². The van der Waals surface area contributed by atoms with Crippen LogP contribution >= 0.6 is 0 Å². The Morgan fingerprint density at radius 2 is 1.58 bits per heavy atom. The van der Waals surface area contributed by atoms with Gasteiger partial charge >= 0.3 is 5.97 Å². The minimum absolute atomic E-state index is 0.0910. The lowest BCUT2D eigenvalue weighted by Gasteiger charge is -2.39.